The van der Waals surface area contributed by atoms with Crippen molar-refractivity contribution in [2.45, 2.75) is 51.2 Å². The molecule has 0 saturated heterocycles. The quantitative estimate of drug-likeness (QED) is 0.537. The van der Waals surface area contributed by atoms with E-state index >= 15 is 0 Å². The molecule has 1 aliphatic rings. The van der Waals surface area contributed by atoms with Crippen LogP contribution in [0.3, 0.4) is 0 Å². The Hall–Kier alpha value is -2.95. The minimum absolute atomic E-state index is 0.0251. The maximum atomic E-state index is 12.8. The molecule has 0 fully saturated rings. The second kappa shape index (κ2) is 9.24. The number of ether oxygens (including phenoxy) is 1. The standard InChI is InChI=1S/C19H26N4O6S/c1-10(2)9-13(18(25)29-15(11(3)4)17(24)22-19(20)26)21-16-12-7-5-6-8-14(12)30(27,28)23-16/h5-8,10-11,13,15H,9H2,1-4H3,(H,21,23)(H3,20,22,24,26)/t13-,15-/m0/s1. The van der Waals surface area contributed by atoms with Crippen molar-refractivity contribution in [3.8, 4) is 0 Å². The number of sulfonamides is 1. The molecule has 0 saturated carbocycles. The van der Waals surface area contributed by atoms with Crippen LogP contribution in [0.2, 0.25) is 0 Å². The number of aliphatic imine (C=N–C) groups is 1. The van der Waals surface area contributed by atoms with E-state index in [9.17, 15) is 22.8 Å². The van der Waals surface area contributed by atoms with Gasteiger partial charge in [-0.25, -0.2) is 18.0 Å². The van der Waals surface area contributed by atoms with Crippen molar-refractivity contribution in [3.63, 3.8) is 0 Å². The van der Waals surface area contributed by atoms with Gasteiger partial charge in [-0.2, -0.15) is 0 Å². The summed E-state index contributed by atoms with van der Waals surface area (Å²) in [6.07, 6.45) is -0.999. The average Bonchev–Trinajstić information content (AvgIpc) is 2.88. The number of carbonyl (C=O) groups is 3. The Bertz CT molecular complexity index is 971. The highest BCUT2D eigenvalue weighted by atomic mass is 32.2. The van der Waals surface area contributed by atoms with Crippen LogP contribution >= 0.6 is 0 Å². The van der Waals surface area contributed by atoms with Crippen molar-refractivity contribution in [3.05, 3.63) is 29.8 Å². The highest BCUT2D eigenvalue weighted by molar-refractivity contribution is 7.90. The molecular formula is C19H26N4O6S. The maximum absolute atomic E-state index is 12.8. The van der Waals surface area contributed by atoms with Crippen LogP contribution in [-0.2, 0) is 24.3 Å². The number of benzene rings is 1. The number of primary amides is 1. The van der Waals surface area contributed by atoms with E-state index in [1.165, 1.54) is 6.07 Å². The second-order valence-corrected chi connectivity index (χ2v) is 9.33. The number of hydrogen-bond acceptors (Lipinski definition) is 7. The molecule has 11 heteroatoms. The van der Waals surface area contributed by atoms with Crippen LogP contribution in [0, 0.1) is 11.8 Å². The SMILES string of the molecule is CC(C)C[C@H](N=C1NS(=O)(=O)c2ccccc21)C(=O)O[C@H](C(=O)NC(N)=O)C(C)C. The van der Waals surface area contributed by atoms with E-state index in [1.54, 1.807) is 32.0 Å². The minimum atomic E-state index is -3.77. The lowest BCUT2D eigenvalue weighted by molar-refractivity contribution is -0.159. The summed E-state index contributed by atoms with van der Waals surface area (Å²) in [5, 5.41) is 1.90. The van der Waals surface area contributed by atoms with Gasteiger partial charge < -0.3 is 10.5 Å². The molecule has 2 rings (SSSR count). The zero-order chi connectivity index (χ0) is 22.6. The van der Waals surface area contributed by atoms with Gasteiger partial charge in [-0.15, -0.1) is 0 Å². The molecule has 0 unspecified atom stereocenters. The summed E-state index contributed by atoms with van der Waals surface area (Å²) in [5.41, 5.74) is 5.32. The van der Waals surface area contributed by atoms with Crippen molar-refractivity contribution >= 4 is 33.8 Å². The lowest BCUT2D eigenvalue weighted by Crippen LogP contribution is -2.46. The Kier molecular flexibility index (Phi) is 7.19. The number of hydrogen-bond donors (Lipinski definition) is 3. The van der Waals surface area contributed by atoms with Gasteiger partial charge in [-0.3, -0.25) is 19.8 Å². The molecule has 1 aromatic rings. The van der Waals surface area contributed by atoms with Crippen molar-refractivity contribution in [2.75, 3.05) is 0 Å². The first-order valence-electron chi connectivity index (χ1n) is 9.43. The molecule has 0 aliphatic carbocycles. The summed E-state index contributed by atoms with van der Waals surface area (Å²) in [6, 6.07) is 4.16. The van der Waals surface area contributed by atoms with E-state index in [0.717, 1.165) is 0 Å². The zero-order valence-electron chi connectivity index (χ0n) is 17.2. The largest absolute Gasteiger partial charge is 0.450 e. The molecular weight excluding hydrogens is 412 g/mol. The molecule has 164 valence electrons. The number of fused-ring (bicyclic) bond motifs is 1. The maximum Gasteiger partial charge on any atom is 0.331 e. The Morgan fingerprint density at radius 2 is 1.80 bits per heavy atom. The van der Waals surface area contributed by atoms with E-state index in [0.29, 0.717) is 5.56 Å². The van der Waals surface area contributed by atoms with Crippen LogP contribution in [0.15, 0.2) is 34.2 Å². The Labute approximate surface area is 175 Å². The molecule has 0 bridgehead atoms. The number of nitrogens with zero attached hydrogens (tertiary/aromatic N) is 1. The fraction of sp³-hybridized carbons (Fsp3) is 0.474. The summed E-state index contributed by atoms with van der Waals surface area (Å²) >= 11 is 0. The highest BCUT2D eigenvalue weighted by Crippen LogP contribution is 2.24. The van der Waals surface area contributed by atoms with E-state index in [2.05, 4.69) is 9.71 Å². The van der Waals surface area contributed by atoms with Gasteiger partial charge in [0.1, 0.15) is 11.9 Å². The van der Waals surface area contributed by atoms with Crippen molar-refractivity contribution in [1.82, 2.24) is 10.0 Å². The third-order valence-corrected chi connectivity index (χ3v) is 5.66. The monoisotopic (exact) mass is 438 g/mol. The van der Waals surface area contributed by atoms with E-state index < -0.39 is 46.0 Å². The van der Waals surface area contributed by atoms with Gasteiger partial charge in [0.05, 0.1) is 4.90 Å². The molecule has 2 atom stereocenters. The van der Waals surface area contributed by atoms with Gasteiger partial charge in [-0.1, -0.05) is 39.8 Å². The molecule has 10 nitrogen and oxygen atoms in total. The van der Waals surface area contributed by atoms with Crippen LogP contribution in [-0.4, -0.2) is 44.3 Å². The van der Waals surface area contributed by atoms with Crippen molar-refractivity contribution in [1.29, 1.82) is 0 Å². The van der Waals surface area contributed by atoms with E-state index in [1.807, 2.05) is 19.2 Å². The molecule has 4 N–H and O–H groups in total. The fourth-order valence-electron chi connectivity index (χ4n) is 2.92. The zero-order valence-corrected chi connectivity index (χ0v) is 18.0. The number of urea groups is 1. The highest BCUT2D eigenvalue weighted by Gasteiger charge is 2.34. The molecule has 1 aromatic carbocycles. The van der Waals surface area contributed by atoms with E-state index in [-0.39, 0.29) is 23.1 Å². The van der Waals surface area contributed by atoms with Crippen LogP contribution in [0.5, 0.6) is 0 Å². The number of nitrogens with one attached hydrogen (secondary N) is 2. The van der Waals surface area contributed by atoms with Gasteiger partial charge >= 0.3 is 12.0 Å². The molecule has 1 aliphatic heterocycles. The third-order valence-electron chi connectivity index (χ3n) is 4.27. The van der Waals surface area contributed by atoms with Gasteiger partial charge in [0.25, 0.3) is 15.9 Å². The smallest absolute Gasteiger partial charge is 0.331 e. The van der Waals surface area contributed by atoms with Gasteiger partial charge in [0, 0.05) is 5.56 Å². The predicted molar refractivity (Wildman–Crippen MR) is 109 cm³/mol. The van der Waals surface area contributed by atoms with Crippen molar-refractivity contribution < 1.29 is 27.5 Å². The van der Waals surface area contributed by atoms with E-state index in [4.69, 9.17) is 10.5 Å². The number of rotatable bonds is 7. The molecule has 1 heterocycles. The normalized spacial score (nSPS) is 17.9. The Morgan fingerprint density at radius 3 is 2.37 bits per heavy atom. The molecule has 3 amide bonds. The number of esters is 1. The fourth-order valence-corrected chi connectivity index (χ4v) is 4.16. The Morgan fingerprint density at radius 1 is 1.17 bits per heavy atom. The second-order valence-electron chi connectivity index (χ2n) is 7.68. The number of amides is 3. The first-order valence-corrected chi connectivity index (χ1v) is 10.9. The number of amidine groups is 1. The summed E-state index contributed by atoms with van der Waals surface area (Å²) in [6.45, 7) is 7.02. The summed E-state index contributed by atoms with van der Waals surface area (Å²) in [4.78, 5) is 40.4. The predicted octanol–water partition coefficient (Wildman–Crippen LogP) is 0.903. The summed E-state index contributed by atoms with van der Waals surface area (Å²) < 4.78 is 32.3. The van der Waals surface area contributed by atoms with Crippen LogP contribution < -0.4 is 15.8 Å². The first-order chi connectivity index (χ1) is 13.9. The summed E-state index contributed by atoms with van der Waals surface area (Å²) in [5.74, 6) is -2.02. The number of imide groups is 1. The number of nitrogens with two attached hydrogens (primary N) is 1. The molecule has 0 radical (unpaired) electrons. The van der Waals surface area contributed by atoms with Gasteiger partial charge in [0.2, 0.25) is 0 Å². The molecule has 0 spiro atoms. The Balaban J connectivity index is 2.34. The average molecular weight is 439 g/mol. The molecule has 30 heavy (non-hydrogen) atoms. The van der Waals surface area contributed by atoms with Gasteiger partial charge in [0.15, 0.2) is 6.10 Å². The van der Waals surface area contributed by atoms with Crippen LogP contribution in [0.25, 0.3) is 0 Å². The first kappa shape index (κ1) is 23.3. The van der Waals surface area contributed by atoms with Crippen LogP contribution in [0.4, 0.5) is 4.79 Å². The van der Waals surface area contributed by atoms with Crippen molar-refractivity contribution in [2.24, 2.45) is 22.6 Å². The third kappa shape index (κ3) is 5.56. The topological polar surface area (TPSA) is 157 Å². The lowest BCUT2D eigenvalue weighted by atomic mass is 10.0. The van der Waals surface area contributed by atoms with Gasteiger partial charge in [-0.05, 0) is 30.4 Å². The summed E-state index contributed by atoms with van der Waals surface area (Å²) in [7, 11) is -3.77. The minimum Gasteiger partial charge on any atom is -0.450 e. The van der Waals surface area contributed by atoms with Crippen LogP contribution in [0.1, 0.15) is 39.7 Å². The molecule has 0 aromatic heterocycles. The lowest BCUT2D eigenvalue weighted by Gasteiger charge is -2.22. The number of carbonyl (C=O) groups excluding carboxylic acids is 3.